The van der Waals surface area contributed by atoms with Crippen LogP contribution in [0.2, 0.25) is 0 Å². The first-order valence-corrected chi connectivity index (χ1v) is 7.77. The van der Waals surface area contributed by atoms with Gasteiger partial charge in [0.2, 0.25) is 10.0 Å². The van der Waals surface area contributed by atoms with Gasteiger partial charge in [0.15, 0.2) is 0 Å². The molecule has 2 N–H and O–H groups in total. The average Bonchev–Trinajstić information content (AvgIpc) is 2.39. The summed E-state index contributed by atoms with van der Waals surface area (Å²) in [5.41, 5.74) is 0.578. The van der Waals surface area contributed by atoms with Crippen LogP contribution in [0.25, 0.3) is 0 Å². The fourth-order valence-corrected chi connectivity index (χ4v) is 3.39. The van der Waals surface area contributed by atoms with Gasteiger partial charge in [0, 0.05) is 18.8 Å². The molecule has 0 spiro atoms. The Morgan fingerprint density at radius 3 is 2.94 bits per heavy atom. The number of rotatable bonds is 4. The summed E-state index contributed by atoms with van der Waals surface area (Å²) < 4.78 is 27.2. The van der Waals surface area contributed by atoms with Crippen LogP contribution in [0.3, 0.4) is 0 Å². The molecule has 6 heteroatoms. The average molecular weight is 269 g/mol. The molecule has 1 fully saturated rings. The summed E-state index contributed by atoms with van der Waals surface area (Å²) in [4.78, 5) is 4.10. The van der Waals surface area contributed by atoms with E-state index in [2.05, 4.69) is 15.0 Å². The molecule has 0 aliphatic carbocycles. The summed E-state index contributed by atoms with van der Waals surface area (Å²) in [6.07, 6.45) is 3.51. The highest BCUT2D eigenvalue weighted by Crippen LogP contribution is 2.19. The molecule has 0 aromatic carbocycles. The van der Waals surface area contributed by atoms with Crippen LogP contribution in [0.5, 0.6) is 0 Å². The molecule has 18 heavy (non-hydrogen) atoms. The number of pyridine rings is 1. The van der Waals surface area contributed by atoms with Gasteiger partial charge in [-0.3, -0.25) is 4.98 Å². The fraction of sp³-hybridized carbons (Fsp3) is 0.583. The van der Waals surface area contributed by atoms with Crippen LogP contribution in [-0.4, -0.2) is 32.5 Å². The van der Waals surface area contributed by atoms with E-state index in [-0.39, 0.29) is 6.04 Å². The van der Waals surface area contributed by atoms with Crippen molar-refractivity contribution in [1.29, 1.82) is 0 Å². The lowest BCUT2D eigenvalue weighted by Crippen LogP contribution is -2.46. The van der Waals surface area contributed by atoms with Gasteiger partial charge in [0.05, 0.1) is 5.69 Å². The number of hydrogen-bond donors (Lipinski definition) is 2. The van der Waals surface area contributed by atoms with Crippen molar-refractivity contribution < 1.29 is 8.42 Å². The maximum atomic E-state index is 12.2. The monoisotopic (exact) mass is 269 g/mol. The lowest BCUT2D eigenvalue weighted by Gasteiger charge is -2.25. The Morgan fingerprint density at radius 2 is 2.33 bits per heavy atom. The van der Waals surface area contributed by atoms with E-state index in [4.69, 9.17) is 0 Å². The van der Waals surface area contributed by atoms with Gasteiger partial charge in [0.25, 0.3) is 0 Å². The molecule has 100 valence electrons. The van der Waals surface area contributed by atoms with Crippen molar-refractivity contribution in [3.63, 3.8) is 0 Å². The largest absolute Gasteiger partial charge is 0.315 e. The van der Waals surface area contributed by atoms with Crippen LogP contribution >= 0.6 is 0 Å². The van der Waals surface area contributed by atoms with E-state index in [1.165, 1.54) is 0 Å². The van der Waals surface area contributed by atoms with Crippen molar-refractivity contribution >= 4 is 10.0 Å². The molecule has 1 aliphatic heterocycles. The lowest BCUT2D eigenvalue weighted by atomic mass is 10.1. The third-order valence-corrected chi connectivity index (χ3v) is 5.03. The van der Waals surface area contributed by atoms with E-state index in [9.17, 15) is 8.42 Å². The smallest absolute Gasteiger partial charge is 0.220 e. The molecule has 2 rings (SSSR count). The Morgan fingerprint density at radius 1 is 1.50 bits per heavy atom. The molecule has 2 atom stereocenters. The summed E-state index contributed by atoms with van der Waals surface area (Å²) in [5.74, 6) is 0. The molecule has 0 amide bonds. The van der Waals surface area contributed by atoms with Gasteiger partial charge in [-0.25, -0.2) is 13.1 Å². The second-order valence-electron chi connectivity index (χ2n) is 4.60. The number of aromatic nitrogens is 1. The number of sulfonamides is 1. The third-order valence-electron chi connectivity index (χ3n) is 3.20. The van der Waals surface area contributed by atoms with Gasteiger partial charge >= 0.3 is 0 Å². The van der Waals surface area contributed by atoms with Crippen LogP contribution < -0.4 is 10.0 Å². The first-order valence-electron chi connectivity index (χ1n) is 6.22. The molecular weight excluding hydrogens is 250 g/mol. The molecule has 1 aromatic heterocycles. The Balaban J connectivity index is 2.06. The van der Waals surface area contributed by atoms with Crippen LogP contribution in [0.1, 0.15) is 30.7 Å². The molecule has 1 aromatic rings. The maximum Gasteiger partial charge on any atom is 0.220 e. The Kier molecular flexibility index (Phi) is 4.31. The first-order chi connectivity index (χ1) is 8.59. The number of nitrogens with zero attached hydrogens (tertiary/aromatic N) is 1. The van der Waals surface area contributed by atoms with E-state index < -0.39 is 15.3 Å². The highest BCUT2D eigenvalue weighted by molar-refractivity contribution is 7.89. The van der Waals surface area contributed by atoms with E-state index in [1.54, 1.807) is 31.3 Å². The lowest BCUT2D eigenvalue weighted by molar-refractivity contribution is 0.427. The van der Waals surface area contributed by atoms with Gasteiger partial charge in [0.1, 0.15) is 5.25 Å². The predicted molar refractivity (Wildman–Crippen MR) is 70.6 cm³/mol. The molecule has 2 heterocycles. The zero-order chi connectivity index (χ0) is 13.0. The second kappa shape index (κ2) is 5.77. The Bertz CT molecular complexity index is 469. The zero-order valence-electron chi connectivity index (χ0n) is 10.5. The highest BCUT2D eigenvalue weighted by atomic mass is 32.2. The predicted octanol–water partition coefficient (Wildman–Crippen LogP) is 0.814. The SMILES string of the molecule is C[C@@H](c1ccccn1)S(=O)(=O)N[C@@H]1CCCNC1. The fourth-order valence-electron chi connectivity index (χ4n) is 2.06. The van der Waals surface area contributed by atoms with Crippen LogP contribution in [0.15, 0.2) is 24.4 Å². The maximum absolute atomic E-state index is 12.2. The molecule has 0 unspecified atom stereocenters. The van der Waals surface area contributed by atoms with Gasteiger partial charge in [-0.1, -0.05) is 6.07 Å². The molecular formula is C12H19N3O2S. The Hall–Kier alpha value is -0.980. The minimum atomic E-state index is -3.37. The summed E-state index contributed by atoms with van der Waals surface area (Å²) in [6.45, 7) is 3.34. The van der Waals surface area contributed by atoms with Crippen LogP contribution in [0.4, 0.5) is 0 Å². The molecule has 5 nitrogen and oxygen atoms in total. The van der Waals surface area contributed by atoms with Crippen LogP contribution in [0, 0.1) is 0 Å². The van der Waals surface area contributed by atoms with Crippen molar-refractivity contribution in [2.75, 3.05) is 13.1 Å². The molecule has 1 saturated heterocycles. The van der Waals surface area contributed by atoms with E-state index in [1.807, 2.05) is 0 Å². The topological polar surface area (TPSA) is 71.1 Å². The van der Waals surface area contributed by atoms with E-state index >= 15 is 0 Å². The number of piperidine rings is 1. The first kappa shape index (κ1) is 13.5. The number of nitrogens with one attached hydrogen (secondary N) is 2. The van der Waals surface area contributed by atoms with Crippen molar-refractivity contribution in [2.24, 2.45) is 0 Å². The van der Waals surface area contributed by atoms with Gasteiger partial charge in [-0.15, -0.1) is 0 Å². The summed E-state index contributed by atoms with van der Waals surface area (Å²) >= 11 is 0. The third kappa shape index (κ3) is 3.28. The van der Waals surface area contributed by atoms with Crippen molar-refractivity contribution in [2.45, 2.75) is 31.1 Å². The standard InChI is InChI=1S/C12H19N3O2S/c1-10(12-6-2-3-8-14-12)18(16,17)15-11-5-4-7-13-9-11/h2-3,6,8,10-11,13,15H,4-5,7,9H2,1H3/t10-,11+/m0/s1. The summed E-state index contributed by atoms with van der Waals surface area (Å²) in [5, 5.41) is 2.57. The quantitative estimate of drug-likeness (QED) is 0.848. The Labute approximate surface area is 108 Å². The van der Waals surface area contributed by atoms with Gasteiger partial charge in [-0.2, -0.15) is 0 Å². The summed E-state index contributed by atoms with van der Waals surface area (Å²) in [7, 11) is -3.37. The molecule has 0 radical (unpaired) electrons. The minimum absolute atomic E-state index is 0.00471. The highest BCUT2D eigenvalue weighted by Gasteiger charge is 2.27. The molecule has 1 aliphatic rings. The second-order valence-corrected chi connectivity index (χ2v) is 6.64. The number of hydrogen-bond acceptors (Lipinski definition) is 4. The molecule has 0 bridgehead atoms. The van der Waals surface area contributed by atoms with Crippen molar-refractivity contribution in [1.82, 2.24) is 15.0 Å². The molecule has 0 saturated carbocycles. The zero-order valence-corrected chi connectivity index (χ0v) is 11.3. The van der Waals surface area contributed by atoms with Gasteiger partial charge in [-0.05, 0) is 38.4 Å². The van der Waals surface area contributed by atoms with Crippen molar-refractivity contribution in [3.05, 3.63) is 30.1 Å². The normalized spacial score (nSPS) is 22.6. The summed E-state index contributed by atoms with van der Waals surface area (Å²) in [6, 6.07) is 5.32. The van der Waals surface area contributed by atoms with Crippen molar-refractivity contribution in [3.8, 4) is 0 Å². The van der Waals surface area contributed by atoms with E-state index in [0.29, 0.717) is 12.2 Å². The van der Waals surface area contributed by atoms with Gasteiger partial charge < -0.3 is 5.32 Å². The van der Waals surface area contributed by atoms with E-state index in [0.717, 1.165) is 19.4 Å². The van der Waals surface area contributed by atoms with Crippen LogP contribution in [-0.2, 0) is 10.0 Å². The minimum Gasteiger partial charge on any atom is -0.315 e.